The summed E-state index contributed by atoms with van der Waals surface area (Å²) in [6, 6.07) is 9.30. The number of benzene rings is 1. The van der Waals surface area contributed by atoms with E-state index in [-0.39, 0.29) is 30.2 Å². The molecule has 0 aromatic heterocycles. The number of carbonyl (C=O) groups excluding carboxylic acids is 2. The third kappa shape index (κ3) is 3.64. The maximum Gasteiger partial charge on any atom is 0.317 e. The molecule has 0 saturated carbocycles. The van der Waals surface area contributed by atoms with Crippen LogP contribution in [0.3, 0.4) is 0 Å². The van der Waals surface area contributed by atoms with Crippen LogP contribution in [-0.4, -0.2) is 54.7 Å². The lowest BCUT2D eigenvalue weighted by Gasteiger charge is -2.35. The quantitative estimate of drug-likeness (QED) is 0.901. The van der Waals surface area contributed by atoms with Gasteiger partial charge in [-0.15, -0.1) is 0 Å². The van der Waals surface area contributed by atoms with Gasteiger partial charge in [-0.25, -0.2) is 4.79 Å². The zero-order chi connectivity index (χ0) is 16.4. The fourth-order valence-corrected chi connectivity index (χ4v) is 3.27. The van der Waals surface area contributed by atoms with Crippen molar-refractivity contribution < 1.29 is 14.3 Å². The first-order chi connectivity index (χ1) is 11.0. The fourth-order valence-electron chi connectivity index (χ4n) is 3.27. The summed E-state index contributed by atoms with van der Waals surface area (Å²) >= 11 is 0. The van der Waals surface area contributed by atoms with E-state index in [4.69, 9.17) is 4.74 Å². The van der Waals surface area contributed by atoms with Crippen LogP contribution in [-0.2, 0) is 9.53 Å². The molecule has 0 unspecified atom stereocenters. The normalized spacial score (nSPS) is 28.1. The number of nitrogens with zero attached hydrogens (tertiary/aromatic N) is 2. The molecule has 2 fully saturated rings. The third-order valence-electron chi connectivity index (χ3n) is 4.23. The van der Waals surface area contributed by atoms with Crippen LogP contribution in [0.4, 0.5) is 10.5 Å². The molecular weight excluding hydrogens is 294 g/mol. The van der Waals surface area contributed by atoms with Gasteiger partial charge in [0.1, 0.15) is 0 Å². The van der Waals surface area contributed by atoms with Crippen LogP contribution in [0.5, 0.6) is 0 Å². The summed E-state index contributed by atoms with van der Waals surface area (Å²) in [5.74, 6) is 0.0465. The fraction of sp³-hybridized carbons (Fsp3) is 0.529. The average Bonchev–Trinajstić information content (AvgIpc) is 2.87. The first-order valence-electron chi connectivity index (χ1n) is 8.09. The highest BCUT2D eigenvalue weighted by molar-refractivity contribution is 5.96. The van der Waals surface area contributed by atoms with Gasteiger partial charge < -0.3 is 19.9 Å². The van der Waals surface area contributed by atoms with Crippen molar-refractivity contribution in [2.24, 2.45) is 0 Å². The molecule has 0 radical (unpaired) electrons. The lowest BCUT2D eigenvalue weighted by Crippen LogP contribution is -2.53. The smallest absolute Gasteiger partial charge is 0.317 e. The molecule has 2 heterocycles. The highest BCUT2D eigenvalue weighted by atomic mass is 16.5. The van der Waals surface area contributed by atoms with Gasteiger partial charge in [0.15, 0.2) is 0 Å². The molecule has 6 nitrogen and oxygen atoms in total. The van der Waals surface area contributed by atoms with Crippen LogP contribution < -0.4 is 10.2 Å². The number of carbonyl (C=O) groups is 2. The minimum Gasteiger partial charge on any atom is -0.372 e. The number of morpholine rings is 1. The number of hydrogen-bond donors (Lipinski definition) is 1. The SMILES string of the molecule is C[C@H]1CN(C(=O)N[C@@H]2CC(=O)N(c3ccccc3)C2)C[C@H](C)O1. The maximum absolute atomic E-state index is 12.4. The summed E-state index contributed by atoms with van der Waals surface area (Å²) in [5.41, 5.74) is 0.878. The Balaban J connectivity index is 1.59. The van der Waals surface area contributed by atoms with E-state index in [2.05, 4.69) is 5.32 Å². The number of para-hydroxylation sites is 1. The van der Waals surface area contributed by atoms with Crippen LogP contribution in [0.15, 0.2) is 30.3 Å². The Kier molecular flexibility index (Phi) is 4.52. The van der Waals surface area contributed by atoms with Gasteiger partial charge in [-0.05, 0) is 26.0 Å². The first-order valence-corrected chi connectivity index (χ1v) is 8.09. The minimum absolute atomic E-state index is 0.0375. The van der Waals surface area contributed by atoms with E-state index in [1.807, 2.05) is 44.2 Å². The summed E-state index contributed by atoms with van der Waals surface area (Å²) in [4.78, 5) is 28.1. The Morgan fingerprint density at radius 1 is 1.13 bits per heavy atom. The molecule has 6 heteroatoms. The molecule has 2 saturated heterocycles. The second-order valence-electron chi connectivity index (χ2n) is 6.35. The second-order valence-corrected chi connectivity index (χ2v) is 6.35. The minimum atomic E-state index is -0.149. The van der Waals surface area contributed by atoms with Gasteiger partial charge in [-0.3, -0.25) is 4.79 Å². The van der Waals surface area contributed by atoms with Gasteiger partial charge in [0.2, 0.25) is 5.91 Å². The Bertz CT molecular complexity index is 568. The topological polar surface area (TPSA) is 61.9 Å². The van der Waals surface area contributed by atoms with Crippen molar-refractivity contribution in [3.05, 3.63) is 30.3 Å². The summed E-state index contributed by atoms with van der Waals surface area (Å²) < 4.78 is 5.64. The first kappa shape index (κ1) is 15.8. The van der Waals surface area contributed by atoms with E-state index >= 15 is 0 Å². The van der Waals surface area contributed by atoms with E-state index < -0.39 is 0 Å². The molecule has 1 aromatic carbocycles. The van der Waals surface area contributed by atoms with Crippen molar-refractivity contribution in [1.82, 2.24) is 10.2 Å². The van der Waals surface area contributed by atoms with Crippen LogP contribution in [0, 0.1) is 0 Å². The van der Waals surface area contributed by atoms with E-state index in [1.54, 1.807) is 9.80 Å². The number of urea groups is 1. The molecule has 3 rings (SSSR count). The number of ether oxygens (including phenoxy) is 1. The van der Waals surface area contributed by atoms with Crippen molar-refractivity contribution in [2.75, 3.05) is 24.5 Å². The van der Waals surface area contributed by atoms with Gasteiger partial charge in [0.05, 0.1) is 18.2 Å². The molecule has 124 valence electrons. The van der Waals surface area contributed by atoms with Gasteiger partial charge >= 0.3 is 6.03 Å². The predicted molar refractivity (Wildman–Crippen MR) is 87.3 cm³/mol. The van der Waals surface area contributed by atoms with Crippen molar-refractivity contribution >= 4 is 17.6 Å². The summed E-state index contributed by atoms with van der Waals surface area (Å²) in [6.45, 7) is 5.61. The zero-order valence-corrected chi connectivity index (χ0v) is 13.6. The van der Waals surface area contributed by atoms with Crippen molar-refractivity contribution in [3.63, 3.8) is 0 Å². The molecule has 0 aliphatic carbocycles. The second kappa shape index (κ2) is 6.58. The van der Waals surface area contributed by atoms with E-state index in [9.17, 15) is 9.59 Å². The molecular formula is C17H23N3O3. The Morgan fingerprint density at radius 2 is 1.78 bits per heavy atom. The highest BCUT2D eigenvalue weighted by Gasteiger charge is 2.33. The van der Waals surface area contributed by atoms with E-state index in [1.165, 1.54) is 0 Å². The Labute approximate surface area is 136 Å². The molecule has 2 aliphatic rings. The lowest BCUT2D eigenvalue weighted by atomic mass is 10.2. The largest absolute Gasteiger partial charge is 0.372 e. The van der Waals surface area contributed by atoms with Gasteiger partial charge in [-0.1, -0.05) is 18.2 Å². The van der Waals surface area contributed by atoms with Crippen molar-refractivity contribution in [3.8, 4) is 0 Å². The van der Waals surface area contributed by atoms with Crippen LogP contribution in [0.2, 0.25) is 0 Å². The monoisotopic (exact) mass is 317 g/mol. The Morgan fingerprint density at radius 3 is 2.43 bits per heavy atom. The Hall–Kier alpha value is -2.08. The molecule has 1 N–H and O–H groups in total. The summed E-state index contributed by atoms with van der Waals surface area (Å²) in [6.07, 6.45) is 0.418. The summed E-state index contributed by atoms with van der Waals surface area (Å²) in [5, 5.41) is 2.99. The molecule has 1 aromatic rings. The van der Waals surface area contributed by atoms with Crippen LogP contribution in [0.1, 0.15) is 20.3 Å². The number of amides is 3. The standard InChI is InChI=1S/C17H23N3O3/c1-12-9-19(10-13(2)23-12)17(22)18-14-8-16(21)20(11-14)15-6-4-3-5-7-15/h3-7,12-14H,8-11H2,1-2H3,(H,18,22)/t12-,13-,14+/m0/s1. The lowest BCUT2D eigenvalue weighted by molar-refractivity contribution is -0.117. The maximum atomic E-state index is 12.4. The molecule has 0 bridgehead atoms. The molecule has 2 aliphatic heterocycles. The van der Waals surface area contributed by atoms with Gasteiger partial charge in [-0.2, -0.15) is 0 Å². The van der Waals surface area contributed by atoms with Crippen LogP contribution in [0.25, 0.3) is 0 Å². The highest BCUT2D eigenvalue weighted by Crippen LogP contribution is 2.21. The van der Waals surface area contributed by atoms with E-state index in [0.29, 0.717) is 26.1 Å². The molecule has 0 spiro atoms. The predicted octanol–water partition coefficient (Wildman–Crippen LogP) is 1.61. The van der Waals surface area contributed by atoms with E-state index in [0.717, 1.165) is 5.69 Å². The average molecular weight is 317 g/mol. The zero-order valence-electron chi connectivity index (χ0n) is 13.6. The third-order valence-corrected chi connectivity index (χ3v) is 4.23. The number of hydrogen-bond acceptors (Lipinski definition) is 3. The van der Waals surface area contributed by atoms with Gasteiger partial charge in [0, 0.05) is 31.7 Å². The molecule has 23 heavy (non-hydrogen) atoms. The van der Waals surface area contributed by atoms with Crippen molar-refractivity contribution in [1.29, 1.82) is 0 Å². The summed E-state index contributed by atoms with van der Waals surface area (Å²) in [7, 11) is 0. The van der Waals surface area contributed by atoms with Crippen molar-refractivity contribution in [2.45, 2.75) is 38.5 Å². The van der Waals surface area contributed by atoms with Crippen LogP contribution >= 0.6 is 0 Å². The molecule has 3 amide bonds. The number of rotatable bonds is 2. The molecule has 3 atom stereocenters. The number of nitrogens with one attached hydrogen (secondary N) is 1. The number of anilines is 1. The van der Waals surface area contributed by atoms with Gasteiger partial charge in [0.25, 0.3) is 0 Å².